The lowest BCUT2D eigenvalue weighted by Gasteiger charge is -2.54. The number of esters is 4. The van der Waals surface area contributed by atoms with Crippen LogP contribution in [0.3, 0.4) is 0 Å². The van der Waals surface area contributed by atoms with Gasteiger partial charge in [-0.25, -0.2) is 0 Å². The van der Waals surface area contributed by atoms with Crippen LogP contribution in [0.1, 0.15) is 52.4 Å². The third-order valence-corrected chi connectivity index (χ3v) is 6.05. The first-order valence-electron chi connectivity index (χ1n) is 9.95. The molecule has 0 aromatic carbocycles. The smallest absolute Gasteiger partial charge is 0.326 e. The van der Waals surface area contributed by atoms with Gasteiger partial charge in [-0.05, 0) is 46.0 Å². The number of ether oxygens (including phenoxy) is 5. The summed E-state index contributed by atoms with van der Waals surface area (Å²) in [6.45, 7) is 3.71. The molecular formula is C20H30O9. The minimum Gasteiger partial charge on any atom is -0.468 e. The van der Waals surface area contributed by atoms with Gasteiger partial charge in [0.15, 0.2) is 10.8 Å². The molecule has 2 aliphatic rings. The summed E-state index contributed by atoms with van der Waals surface area (Å²) >= 11 is 0. The first-order valence-corrected chi connectivity index (χ1v) is 9.95. The van der Waals surface area contributed by atoms with Crippen LogP contribution in [0.25, 0.3) is 0 Å². The van der Waals surface area contributed by atoms with Crippen molar-refractivity contribution in [2.75, 3.05) is 34.0 Å². The Morgan fingerprint density at radius 1 is 0.793 bits per heavy atom. The molecule has 9 heteroatoms. The first kappa shape index (κ1) is 23.1. The molecule has 1 aliphatic carbocycles. The van der Waals surface area contributed by atoms with Crippen molar-refractivity contribution in [2.45, 2.75) is 58.0 Å². The topological polar surface area (TPSA) is 114 Å². The van der Waals surface area contributed by atoms with E-state index in [0.717, 1.165) is 6.42 Å². The van der Waals surface area contributed by atoms with Gasteiger partial charge in [-0.2, -0.15) is 0 Å². The fourth-order valence-electron chi connectivity index (χ4n) is 4.66. The zero-order valence-electron chi connectivity index (χ0n) is 17.5. The second kappa shape index (κ2) is 9.11. The molecule has 1 unspecified atom stereocenters. The lowest BCUT2D eigenvalue weighted by Crippen LogP contribution is -2.67. The fraction of sp³-hybridized carbons (Fsp3) is 0.800. The van der Waals surface area contributed by atoms with E-state index in [0.29, 0.717) is 6.42 Å². The maximum Gasteiger partial charge on any atom is 0.326 e. The molecule has 1 spiro atoms. The van der Waals surface area contributed by atoms with Crippen LogP contribution in [0.4, 0.5) is 0 Å². The molecule has 1 saturated heterocycles. The Kier molecular flexibility index (Phi) is 7.26. The van der Waals surface area contributed by atoms with Crippen LogP contribution in [-0.4, -0.2) is 63.5 Å². The Bertz CT molecular complexity index is 614. The van der Waals surface area contributed by atoms with Crippen LogP contribution in [0.2, 0.25) is 0 Å². The quantitative estimate of drug-likeness (QED) is 0.363. The maximum atomic E-state index is 12.9. The van der Waals surface area contributed by atoms with Gasteiger partial charge >= 0.3 is 23.9 Å². The number of carbonyl (C=O) groups is 4. The highest BCUT2D eigenvalue weighted by molar-refractivity contribution is 6.05. The molecule has 29 heavy (non-hydrogen) atoms. The molecule has 9 nitrogen and oxygen atoms in total. The van der Waals surface area contributed by atoms with Gasteiger partial charge in [0.1, 0.15) is 0 Å². The van der Waals surface area contributed by atoms with Crippen molar-refractivity contribution >= 4 is 23.9 Å². The van der Waals surface area contributed by atoms with Crippen LogP contribution in [0.15, 0.2) is 0 Å². The Balaban J connectivity index is 2.65. The molecule has 1 aliphatic heterocycles. The number of methoxy groups -OCH3 is 2. The highest BCUT2D eigenvalue weighted by Gasteiger charge is 2.72. The molecule has 1 saturated carbocycles. The largest absolute Gasteiger partial charge is 0.468 e. The van der Waals surface area contributed by atoms with Crippen molar-refractivity contribution in [1.82, 2.24) is 0 Å². The monoisotopic (exact) mass is 414 g/mol. The van der Waals surface area contributed by atoms with E-state index >= 15 is 0 Å². The van der Waals surface area contributed by atoms with E-state index in [-0.39, 0.29) is 45.5 Å². The van der Waals surface area contributed by atoms with Crippen molar-refractivity contribution in [3.8, 4) is 0 Å². The highest BCUT2D eigenvalue weighted by Crippen LogP contribution is 2.58. The van der Waals surface area contributed by atoms with Gasteiger partial charge in [0.25, 0.3) is 0 Å². The minimum absolute atomic E-state index is 0.0764. The number of carbonyl (C=O) groups excluding carboxylic acids is 4. The normalized spacial score (nSPS) is 25.0. The van der Waals surface area contributed by atoms with Crippen molar-refractivity contribution < 1.29 is 42.9 Å². The molecule has 2 fully saturated rings. The SMILES string of the molecule is CCOC(=O)C1(C(=O)OCC)CCC(C(=O)OC)(C(=O)OC)C2(CCCCO2)C1. The first-order chi connectivity index (χ1) is 13.8. The van der Waals surface area contributed by atoms with E-state index < -0.39 is 40.3 Å². The van der Waals surface area contributed by atoms with E-state index in [1.54, 1.807) is 13.8 Å². The summed E-state index contributed by atoms with van der Waals surface area (Å²) in [5.74, 6) is -3.08. The summed E-state index contributed by atoms with van der Waals surface area (Å²) in [4.78, 5) is 51.7. The standard InChI is InChI=1S/C20H30O9/c1-5-27-14(21)18(15(22)28-6-2)10-11-20(16(23)25-3,17(24)26-4)19(13-18)9-7-8-12-29-19/h5-13H2,1-4H3. The van der Waals surface area contributed by atoms with Gasteiger partial charge in [0.05, 0.1) is 33.0 Å². The molecule has 0 aromatic heterocycles. The molecule has 0 radical (unpaired) electrons. The van der Waals surface area contributed by atoms with Gasteiger partial charge in [0, 0.05) is 13.0 Å². The van der Waals surface area contributed by atoms with Crippen LogP contribution in [0, 0.1) is 10.8 Å². The zero-order valence-corrected chi connectivity index (χ0v) is 17.5. The fourth-order valence-corrected chi connectivity index (χ4v) is 4.66. The molecule has 0 amide bonds. The van der Waals surface area contributed by atoms with Gasteiger partial charge < -0.3 is 23.7 Å². The summed E-state index contributed by atoms with van der Waals surface area (Å²) in [7, 11) is 2.37. The molecule has 0 bridgehead atoms. The van der Waals surface area contributed by atoms with Crippen molar-refractivity contribution in [3.63, 3.8) is 0 Å². The lowest BCUT2D eigenvalue weighted by molar-refractivity contribution is -0.234. The Morgan fingerprint density at radius 3 is 1.76 bits per heavy atom. The van der Waals surface area contributed by atoms with Gasteiger partial charge in [0.2, 0.25) is 0 Å². The van der Waals surface area contributed by atoms with E-state index in [9.17, 15) is 19.2 Å². The molecule has 0 aromatic rings. The molecule has 1 atom stereocenters. The third-order valence-electron chi connectivity index (χ3n) is 6.05. The van der Waals surface area contributed by atoms with Gasteiger partial charge in [-0.3, -0.25) is 19.2 Å². The van der Waals surface area contributed by atoms with E-state index in [4.69, 9.17) is 23.7 Å². The van der Waals surface area contributed by atoms with Gasteiger partial charge in [-0.1, -0.05) is 0 Å². The Morgan fingerprint density at radius 2 is 1.34 bits per heavy atom. The summed E-state index contributed by atoms with van der Waals surface area (Å²) in [6.07, 6.45) is 1.16. The summed E-state index contributed by atoms with van der Waals surface area (Å²) in [5.41, 5.74) is -4.89. The van der Waals surface area contributed by atoms with E-state index in [2.05, 4.69) is 0 Å². The Labute approximate surface area is 170 Å². The van der Waals surface area contributed by atoms with Crippen LogP contribution < -0.4 is 0 Å². The van der Waals surface area contributed by atoms with Crippen molar-refractivity contribution in [1.29, 1.82) is 0 Å². The number of rotatable bonds is 6. The van der Waals surface area contributed by atoms with Crippen molar-refractivity contribution in [2.24, 2.45) is 10.8 Å². The molecule has 2 rings (SSSR count). The summed E-state index contributed by atoms with van der Waals surface area (Å²) < 4.78 is 26.4. The van der Waals surface area contributed by atoms with Gasteiger partial charge in [-0.15, -0.1) is 0 Å². The molecular weight excluding hydrogens is 384 g/mol. The third kappa shape index (κ3) is 3.60. The molecule has 164 valence electrons. The highest BCUT2D eigenvalue weighted by atomic mass is 16.6. The summed E-state index contributed by atoms with van der Waals surface area (Å²) in [5, 5.41) is 0. The van der Waals surface area contributed by atoms with Crippen molar-refractivity contribution in [3.05, 3.63) is 0 Å². The molecule has 0 N–H and O–H groups in total. The average molecular weight is 414 g/mol. The van der Waals surface area contributed by atoms with Crippen LogP contribution in [0.5, 0.6) is 0 Å². The van der Waals surface area contributed by atoms with Crippen LogP contribution in [-0.2, 0) is 42.9 Å². The van der Waals surface area contributed by atoms with Crippen LogP contribution >= 0.6 is 0 Å². The minimum atomic E-state index is -1.78. The summed E-state index contributed by atoms with van der Waals surface area (Å²) in [6, 6.07) is 0. The number of hydrogen-bond acceptors (Lipinski definition) is 9. The zero-order chi connectivity index (χ0) is 21.7. The second-order valence-corrected chi connectivity index (χ2v) is 7.39. The van der Waals surface area contributed by atoms with E-state index in [1.807, 2.05) is 0 Å². The maximum absolute atomic E-state index is 12.9. The Hall–Kier alpha value is -2.16. The molecule has 1 heterocycles. The lowest BCUT2D eigenvalue weighted by atomic mass is 9.53. The number of hydrogen-bond donors (Lipinski definition) is 0. The predicted octanol–water partition coefficient (Wildman–Crippen LogP) is 1.55. The predicted molar refractivity (Wildman–Crippen MR) is 98.5 cm³/mol. The average Bonchev–Trinajstić information content (AvgIpc) is 2.73. The van der Waals surface area contributed by atoms with E-state index in [1.165, 1.54) is 14.2 Å². The second-order valence-electron chi connectivity index (χ2n) is 7.39.